The monoisotopic (exact) mass is 533 g/mol. The number of carbonyl (C=O) groups is 3. The number of halogens is 2. The van der Waals surface area contributed by atoms with Gasteiger partial charge in [-0.25, -0.2) is 0 Å². The van der Waals surface area contributed by atoms with E-state index in [4.69, 9.17) is 10.5 Å². The molecule has 1 aliphatic rings. The van der Waals surface area contributed by atoms with E-state index < -0.39 is 18.1 Å². The number of aliphatic carboxylic acids is 1. The van der Waals surface area contributed by atoms with Crippen LogP contribution in [0.5, 0.6) is 0 Å². The maximum atomic E-state index is 13.3. The summed E-state index contributed by atoms with van der Waals surface area (Å²) in [5.41, 5.74) is 6.62. The Kier molecular flexibility index (Phi) is 17.4. The van der Waals surface area contributed by atoms with E-state index in [2.05, 4.69) is 5.32 Å². The summed E-state index contributed by atoms with van der Waals surface area (Å²) in [6, 6.07) is 8.64. The lowest BCUT2D eigenvalue weighted by Gasteiger charge is -2.27. The Morgan fingerprint density at radius 2 is 1.77 bits per heavy atom. The molecule has 0 spiro atoms. The van der Waals surface area contributed by atoms with Gasteiger partial charge in [0.15, 0.2) is 0 Å². The molecule has 3 atom stereocenters. The zero-order chi connectivity index (χ0) is 24.1. The van der Waals surface area contributed by atoms with E-state index in [1.54, 1.807) is 6.92 Å². The number of carbonyl (C=O) groups excluding carboxylic acids is 2. The predicted octanol–water partition coefficient (Wildman–Crippen LogP) is 3.51. The molecule has 8 nitrogen and oxygen atoms in total. The zero-order valence-electron chi connectivity index (χ0n) is 20.5. The molecular weight excluding hydrogens is 493 g/mol. The van der Waals surface area contributed by atoms with Crippen molar-refractivity contribution in [2.75, 3.05) is 26.2 Å². The number of ether oxygens (including phenoxy) is 1. The molecule has 1 aliphatic heterocycles. The molecule has 35 heavy (non-hydrogen) atoms. The van der Waals surface area contributed by atoms with Crippen molar-refractivity contribution >= 4 is 42.7 Å². The standard InChI is InChI=1S/C25H39N3O5.2ClH/c1-2-33-25(32)22(13-9-4-3-5-10-16-26)27-21-15-14-20(19-11-7-6-8-12-19)17-28(24(21)31)18-23(29)30;;/h6-8,11-12,20-22,27H,2-5,9-10,13-18,26H2,1H3,(H,29,30);2*1H/t20?,21?,22-;;/m0../s1. The van der Waals surface area contributed by atoms with E-state index in [9.17, 15) is 19.5 Å². The number of nitrogens with zero attached hydrogens (tertiary/aromatic N) is 1. The normalized spacial score (nSPS) is 18.6. The molecule has 0 saturated carbocycles. The second-order valence-electron chi connectivity index (χ2n) is 8.67. The zero-order valence-corrected chi connectivity index (χ0v) is 22.2. The fraction of sp³-hybridized carbons (Fsp3) is 0.640. The summed E-state index contributed by atoms with van der Waals surface area (Å²) in [4.78, 5) is 38.7. The van der Waals surface area contributed by atoms with Crippen LogP contribution in [-0.4, -0.2) is 66.2 Å². The fourth-order valence-corrected chi connectivity index (χ4v) is 4.39. The third-order valence-corrected chi connectivity index (χ3v) is 6.12. The van der Waals surface area contributed by atoms with Gasteiger partial charge in [-0.2, -0.15) is 0 Å². The average molecular weight is 535 g/mol. The smallest absolute Gasteiger partial charge is 0.323 e. The molecule has 1 saturated heterocycles. The van der Waals surface area contributed by atoms with E-state index in [0.29, 0.717) is 25.9 Å². The van der Waals surface area contributed by atoms with Gasteiger partial charge in [-0.3, -0.25) is 19.7 Å². The highest BCUT2D eigenvalue weighted by atomic mass is 35.5. The van der Waals surface area contributed by atoms with Crippen molar-refractivity contribution in [3.05, 3.63) is 35.9 Å². The van der Waals surface area contributed by atoms with E-state index in [0.717, 1.165) is 44.1 Å². The second kappa shape index (κ2) is 18.4. The van der Waals surface area contributed by atoms with E-state index in [1.807, 2.05) is 30.3 Å². The largest absolute Gasteiger partial charge is 0.480 e. The van der Waals surface area contributed by atoms with Crippen LogP contribution in [0.3, 0.4) is 0 Å². The first-order chi connectivity index (χ1) is 16.0. The molecule has 0 aromatic heterocycles. The maximum absolute atomic E-state index is 13.3. The highest BCUT2D eigenvalue weighted by molar-refractivity contribution is 5.87. The molecular formula is C25H41Cl2N3O5. The number of hydrogen-bond acceptors (Lipinski definition) is 6. The molecule has 2 unspecified atom stereocenters. The van der Waals surface area contributed by atoms with Gasteiger partial charge >= 0.3 is 11.9 Å². The lowest BCUT2D eigenvalue weighted by molar-refractivity contribution is -0.148. The Hall–Kier alpha value is -1.87. The number of nitrogens with two attached hydrogens (primary N) is 1. The number of carboxylic acids is 1. The van der Waals surface area contributed by atoms with Gasteiger partial charge < -0.3 is 20.5 Å². The van der Waals surface area contributed by atoms with Crippen molar-refractivity contribution in [2.24, 2.45) is 5.73 Å². The van der Waals surface area contributed by atoms with Crippen molar-refractivity contribution in [3.8, 4) is 0 Å². The molecule has 1 amide bonds. The summed E-state index contributed by atoms with van der Waals surface area (Å²) in [5.74, 6) is -1.63. The number of carboxylic acid groups (broad SMARTS) is 1. The summed E-state index contributed by atoms with van der Waals surface area (Å²) in [5, 5.41) is 12.6. The van der Waals surface area contributed by atoms with E-state index >= 15 is 0 Å². The quantitative estimate of drug-likeness (QED) is 0.247. The maximum Gasteiger partial charge on any atom is 0.323 e. The van der Waals surface area contributed by atoms with E-state index in [1.165, 1.54) is 4.90 Å². The van der Waals surface area contributed by atoms with Crippen LogP contribution in [0.15, 0.2) is 30.3 Å². The predicted molar refractivity (Wildman–Crippen MR) is 141 cm³/mol. The summed E-state index contributed by atoms with van der Waals surface area (Å²) in [7, 11) is 0. The van der Waals surface area contributed by atoms with Crippen molar-refractivity contribution in [1.82, 2.24) is 10.2 Å². The van der Waals surface area contributed by atoms with Crippen LogP contribution in [-0.2, 0) is 19.1 Å². The molecule has 200 valence electrons. The molecule has 1 heterocycles. The summed E-state index contributed by atoms with van der Waals surface area (Å²) >= 11 is 0. The topological polar surface area (TPSA) is 122 Å². The third kappa shape index (κ3) is 11.6. The van der Waals surface area contributed by atoms with Gasteiger partial charge in [0.1, 0.15) is 12.6 Å². The van der Waals surface area contributed by atoms with Crippen LogP contribution in [0.4, 0.5) is 0 Å². The van der Waals surface area contributed by atoms with Gasteiger partial charge in [0.25, 0.3) is 0 Å². The van der Waals surface area contributed by atoms with Gasteiger partial charge in [0, 0.05) is 12.5 Å². The van der Waals surface area contributed by atoms with Crippen LogP contribution >= 0.6 is 24.8 Å². The minimum Gasteiger partial charge on any atom is -0.480 e. The Morgan fingerprint density at radius 1 is 1.11 bits per heavy atom. The summed E-state index contributed by atoms with van der Waals surface area (Å²) in [6.07, 6.45) is 6.77. The fourth-order valence-electron chi connectivity index (χ4n) is 4.39. The number of likely N-dealkylation sites (tertiary alicyclic amines) is 1. The first-order valence-corrected chi connectivity index (χ1v) is 12.1. The number of amides is 1. The Morgan fingerprint density at radius 3 is 2.40 bits per heavy atom. The molecule has 2 rings (SSSR count). The second-order valence-corrected chi connectivity index (χ2v) is 8.67. The van der Waals surface area contributed by atoms with Crippen LogP contribution < -0.4 is 11.1 Å². The van der Waals surface area contributed by atoms with Crippen molar-refractivity contribution in [3.63, 3.8) is 0 Å². The average Bonchev–Trinajstić information content (AvgIpc) is 2.95. The van der Waals surface area contributed by atoms with Gasteiger partial charge in [-0.05, 0) is 44.7 Å². The number of hydrogen-bond donors (Lipinski definition) is 3. The molecule has 0 radical (unpaired) electrons. The number of benzene rings is 1. The Balaban J connectivity index is 0.00000578. The number of unbranched alkanes of at least 4 members (excludes halogenated alkanes) is 4. The Bertz CT molecular complexity index is 754. The lowest BCUT2D eigenvalue weighted by atomic mass is 9.93. The van der Waals surface area contributed by atoms with Crippen molar-refractivity contribution < 1.29 is 24.2 Å². The number of rotatable bonds is 14. The van der Waals surface area contributed by atoms with Gasteiger partial charge in [-0.1, -0.05) is 56.0 Å². The minimum absolute atomic E-state index is 0. The number of esters is 1. The van der Waals surface area contributed by atoms with Crippen LogP contribution in [0, 0.1) is 0 Å². The molecule has 1 fully saturated rings. The van der Waals surface area contributed by atoms with Crippen LogP contribution in [0.25, 0.3) is 0 Å². The van der Waals surface area contributed by atoms with Crippen LogP contribution in [0.1, 0.15) is 69.8 Å². The SMILES string of the molecule is CCOC(=O)[C@H](CCCCCCCN)NC1CCC(c2ccccc2)CN(CC(=O)O)C1=O.Cl.Cl. The minimum atomic E-state index is -1.05. The molecule has 10 heteroatoms. The van der Waals surface area contributed by atoms with E-state index in [-0.39, 0.29) is 55.8 Å². The van der Waals surface area contributed by atoms with Gasteiger partial charge in [0.05, 0.1) is 12.6 Å². The van der Waals surface area contributed by atoms with Gasteiger partial charge in [0.2, 0.25) is 5.91 Å². The molecule has 4 N–H and O–H groups in total. The molecule has 0 aliphatic carbocycles. The first-order valence-electron chi connectivity index (χ1n) is 12.1. The highest BCUT2D eigenvalue weighted by Crippen LogP contribution is 2.27. The van der Waals surface area contributed by atoms with Crippen LogP contribution in [0.2, 0.25) is 0 Å². The molecule has 1 aromatic carbocycles. The molecule has 0 bridgehead atoms. The van der Waals surface area contributed by atoms with Crippen molar-refractivity contribution in [2.45, 2.75) is 76.3 Å². The lowest BCUT2D eigenvalue weighted by Crippen LogP contribution is -2.52. The summed E-state index contributed by atoms with van der Waals surface area (Å²) < 4.78 is 5.25. The van der Waals surface area contributed by atoms with Crippen molar-refractivity contribution in [1.29, 1.82) is 0 Å². The molecule has 1 aromatic rings. The Labute approximate surface area is 221 Å². The van der Waals surface area contributed by atoms with Gasteiger partial charge in [-0.15, -0.1) is 24.8 Å². The number of nitrogens with one attached hydrogen (secondary N) is 1. The third-order valence-electron chi connectivity index (χ3n) is 6.12. The first kappa shape index (κ1) is 33.1. The summed E-state index contributed by atoms with van der Waals surface area (Å²) in [6.45, 7) is 2.71. The highest BCUT2D eigenvalue weighted by Gasteiger charge is 2.35.